The third-order valence-corrected chi connectivity index (χ3v) is 3.43. The number of aromatic amines is 1. The van der Waals surface area contributed by atoms with Crippen molar-refractivity contribution in [3.8, 4) is 11.6 Å². The van der Waals surface area contributed by atoms with Crippen LogP contribution >= 0.6 is 38.5 Å². The highest BCUT2D eigenvalue weighted by atomic mass is 127. The molecule has 1 heterocycles. The van der Waals surface area contributed by atoms with Gasteiger partial charge in [0.2, 0.25) is 5.88 Å². The first-order chi connectivity index (χ1) is 8.08. The summed E-state index contributed by atoms with van der Waals surface area (Å²) in [6.07, 6.45) is 1.25. The number of benzene rings is 1. The summed E-state index contributed by atoms with van der Waals surface area (Å²) in [6.45, 7) is 0. The molecule has 0 fully saturated rings. The topological polar surface area (TPSA) is 55.0 Å². The SMILES string of the molecule is O=c1[nH]cnc(Oc2ccc(F)c(Br)c2)c1I. The highest BCUT2D eigenvalue weighted by Crippen LogP contribution is 2.26. The van der Waals surface area contributed by atoms with Gasteiger partial charge in [-0.2, -0.15) is 0 Å². The van der Waals surface area contributed by atoms with Gasteiger partial charge in [-0.05, 0) is 56.7 Å². The molecule has 7 heteroatoms. The molecule has 0 saturated heterocycles. The van der Waals surface area contributed by atoms with Crippen molar-refractivity contribution in [3.63, 3.8) is 0 Å². The summed E-state index contributed by atoms with van der Waals surface area (Å²) in [7, 11) is 0. The van der Waals surface area contributed by atoms with Crippen molar-refractivity contribution in [2.24, 2.45) is 0 Å². The normalized spacial score (nSPS) is 10.3. The van der Waals surface area contributed by atoms with Gasteiger partial charge in [-0.1, -0.05) is 0 Å². The molecule has 0 saturated carbocycles. The lowest BCUT2D eigenvalue weighted by atomic mass is 10.3. The molecule has 1 N–H and O–H groups in total. The zero-order valence-electron chi connectivity index (χ0n) is 8.21. The predicted octanol–water partition coefficient (Wildman–Crippen LogP) is 3.07. The van der Waals surface area contributed by atoms with Crippen LogP contribution in [0.4, 0.5) is 4.39 Å². The van der Waals surface area contributed by atoms with Gasteiger partial charge >= 0.3 is 0 Å². The van der Waals surface area contributed by atoms with Crippen LogP contribution in [0.5, 0.6) is 11.6 Å². The number of aromatic nitrogens is 2. The van der Waals surface area contributed by atoms with E-state index < -0.39 is 0 Å². The molecule has 0 aliphatic heterocycles. The first-order valence-corrected chi connectivity index (χ1v) is 6.31. The average molecular weight is 411 g/mol. The van der Waals surface area contributed by atoms with E-state index in [-0.39, 0.29) is 21.7 Å². The lowest BCUT2D eigenvalue weighted by Crippen LogP contribution is -2.11. The summed E-state index contributed by atoms with van der Waals surface area (Å²) in [5, 5.41) is 0. The Kier molecular flexibility index (Phi) is 3.77. The van der Waals surface area contributed by atoms with Crippen molar-refractivity contribution in [2.45, 2.75) is 0 Å². The Morgan fingerprint density at radius 1 is 1.47 bits per heavy atom. The standard InChI is InChI=1S/C10H5BrFIN2O2/c11-6-3-5(1-2-7(6)12)17-10-8(13)9(16)14-4-15-10/h1-4H,(H,14,15,16). The van der Waals surface area contributed by atoms with Crippen LogP contribution in [-0.4, -0.2) is 9.97 Å². The first kappa shape index (κ1) is 12.5. The van der Waals surface area contributed by atoms with Crippen LogP contribution < -0.4 is 10.3 Å². The predicted molar refractivity (Wildman–Crippen MR) is 71.7 cm³/mol. The Labute approximate surface area is 117 Å². The molecule has 0 atom stereocenters. The highest BCUT2D eigenvalue weighted by molar-refractivity contribution is 14.1. The van der Waals surface area contributed by atoms with Crippen LogP contribution in [0, 0.1) is 9.39 Å². The van der Waals surface area contributed by atoms with E-state index >= 15 is 0 Å². The molecule has 0 aliphatic carbocycles. The number of hydrogen-bond acceptors (Lipinski definition) is 3. The molecule has 1 aromatic carbocycles. The number of hydrogen-bond donors (Lipinski definition) is 1. The molecule has 2 rings (SSSR count). The second kappa shape index (κ2) is 5.13. The van der Waals surface area contributed by atoms with E-state index in [4.69, 9.17) is 4.74 Å². The van der Waals surface area contributed by atoms with Crippen molar-refractivity contribution >= 4 is 38.5 Å². The number of nitrogens with one attached hydrogen (secondary N) is 1. The minimum atomic E-state index is -0.383. The van der Waals surface area contributed by atoms with E-state index in [1.807, 2.05) is 22.6 Å². The van der Waals surface area contributed by atoms with Gasteiger partial charge < -0.3 is 9.72 Å². The van der Waals surface area contributed by atoms with E-state index in [9.17, 15) is 9.18 Å². The fraction of sp³-hybridized carbons (Fsp3) is 0. The molecule has 4 nitrogen and oxygen atoms in total. The minimum Gasteiger partial charge on any atom is -0.438 e. The Morgan fingerprint density at radius 2 is 2.24 bits per heavy atom. The molecular weight excluding hydrogens is 406 g/mol. The summed E-state index contributed by atoms with van der Waals surface area (Å²) < 4.78 is 19.0. The smallest absolute Gasteiger partial charge is 0.268 e. The molecule has 0 unspecified atom stereocenters. The van der Waals surface area contributed by atoms with Crippen LogP contribution in [-0.2, 0) is 0 Å². The van der Waals surface area contributed by atoms with Gasteiger partial charge in [0.05, 0.1) is 10.8 Å². The molecule has 0 aliphatic rings. The van der Waals surface area contributed by atoms with Crippen molar-refractivity contribution in [1.82, 2.24) is 9.97 Å². The summed E-state index contributed by atoms with van der Waals surface area (Å²) in [6, 6.07) is 4.19. The van der Waals surface area contributed by atoms with Crippen molar-refractivity contribution in [2.75, 3.05) is 0 Å². The van der Waals surface area contributed by atoms with E-state index in [0.29, 0.717) is 9.32 Å². The molecule has 0 spiro atoms. The molecule has 17 heavy (non-hydrogen) atoms. The Morgan fingerprint density at radius 3 is 2.94 bits per heavy atom. The molecule has 0 radical (unpaired) electrons. The quantitative estimate of drug-likeness (QED) is 0.774. The maximum atomic E-state index is 13.0. The number of nitrogens with zero attached hydrogens (tertiary/aromatic N) is 1. The second-order valence-corrected chi connectivity index (χ2v) is 4.96. The number of rotatable bonds is 2. The molecule has 2 aromatic rings. The van der Waals surface area contributed by atoms with Crippen LogP contribution in [0.15, 0.2) is 33.8 Å². The number of halogens is 3. The van der Waals surface area contributed by atoms with Gasteiger partial charge in [0.1, 0.15) is 15.1 Å². The maximum absolute atomic E-state index is 13.0. The van der Waals surface area contributed by atoms with Gasteiger partial charge in [-0.25, -0.2) is 9.37 Å². The number of ether oxygens (including phenoxy) is 1. The lowest BCUT2D eigenvalue weighted by molar-refractivity contribution is 0.454. The minimum absolute atomic E-state index is 0.188. The molecule has 1 aromatic heterocycles. The molecule has 88 valence electrons. The van der Waals surface area contributed by atoms with Gasteiger partial charge in [0, 0.05) is 0 Å². The van der Waals surface area contributed by atoms with E-state index in [1.54, 1.807) is 0 Å². The number of H-pyrrole nitrogens is 1. The lowest BCUT2D eigenvalue weighted by Gasteiger charge is -2.06. The van der Waals surface area contributed by atoms with E-state index in [2.05, 4.69) is 25.9 Å². The summed E-state index contributed by atoms with van der Waals surface area (Å²) in [5.74, 6) is 0.202. The Balaban J connectivity index is 2.35. The van der Waals surface area contributed by atoms with Gasteiger partial charge in [-0.15, -0.1) is 0 Å². The van der Waals surface area contributed by atoms with Crippen LogP contribution in [0.2, 0.25) is 0 Å². The average Bonchev–Trinajstić information content (AvgIpc) is 2.30. The van der Waals surface area contributed by atoms with E-state index in [1.165, 1.54) is 24.5 Å². The fourth-order valence-electron chi connectivity index (χ4n) is 1.09. The van der Waals surface area contributed by atoms with Crippen LogP contribution in [0.3, 0.4) is 0 Å². The van der Waals surface area contributed by atoms with Gasteiger partial charge in [0.25, 0.3) is 5.56 Å². The van der Waals surface area contributed by atoms with Crippen molar-refractivity contribution < 1.29 is 9.13 Å². The largest absolute Gasteiger partial charge is 0.438 e. The maximum Gasteiger partial charge on any atom is 0.268 e. The van der Waals surface area contributed by atoms with Crippen LogP contribution in [0.1, 0.15) is 0 Å². The summed E-state index contributed by atoms with van der Waals surface area (Å²) >= 11 is 4.88. The Bertz CT molecular complexity index is 617. The summed E-state index contributed by atoms with van der Waals surface area (Å²) in [4.78, 5) is 17.6. The first-order valence-electron chi connectivity index (χ1n) is 4.44. The molecular formula is C10H5BrFIN2O2. The third-order valence-electron chi connectivity index (χ3n) is 1.87. The zero-order valence-corrected chi connectivity index (χ0v) is 12.0. The highest BCUT2D eigenvalue weighted by Gasteiger charge is 2.08. The Hall–Kier alpha value is -0.960. The molecule has 0 bridgehead atoms. The zero-order chi connectivity index (χ0) is 12.4. The van der Waals surface area contributed by atoms with Crippen LogP contribution in [0.25, 0.3) is 0 Å². The van der Waals surface area contributed by atoms with Gasteiger partial charge in [-0.3, -0.25) is 4.79 Å². The van der Waals surface area contributed by atoms with E-state index in [0.717, 1.165) is 0 Å². The third kappa shape index (κ3) is 2.83. The van der Waals surface area contributed by atoms with Gasteiger partial charge in [0.15, 0.2) is 0 Å². The van der Waals surface area contributed by atoms with Crippen molar-refractivity contribution in [1.29, 1.82) is 0 Å². The fourth-order valence-corrected chi connectivity index (χ4v) is 1.85. The monoisotopic (exact) mass is 410 g/mol. The molecule has 0 amide bonds. The second-order valence-electron chi connectivity index (χ2n) is 3.03. The summed E-state index contributed by atoms with van der Waals surface area (Å²) in [5.41, 5.74) is -0.281. The van der Waals surface area contributed by atoms with Crippen molar-refractivity contribution in [3.05, 3.63) is 48.7 Å².